The van der Waals surface area contributed by atoms with Gasteiger partial charge in [-0.2, -0.15) is 0 Å². The Kier molecular flexibility index (Phi) is 6.35. The van der Waals surface area contributed by atoms with Gasteiger partial charge in [0.25, 0.3) is 0 Å². The molecule has 1 aromatic rings. The Balaban J connectivity index is 1.65. The molecule has 0 saturated carbocycles. The van der Waals surface area contributed by atoms with Crippen molar-refractivity contribution >= 4 is 15.9 Å². The van der Waals surface area contributed by atoms with Crippen LogP contribution in [0.5, 0.6) is 0 Å². The van der Waals surface area contributed by atoms with E-state index < -0.39 is 0 Å². The third kappa shape index (κ3) is 5.64. The average Bonchev–Trinajstić information content (AvgIpc) is 2.44. The van der Waals surface area contributed by atoms with E-state index in [-0.39, 0.29) is 0 Å². The van der Waals surface area contributed by atoms with Crippen LogP contribution in [0.25, 0.3) is 0 Å². The molecule has 2 nitrogen and oxygen atoms in total. The van der Waals surface area contributed by atoms with Crippen LogP contribution in [0.1, 0.15) is 24.8 Å². The van der Waals surface area contributed by atoms with E-state index in [1.165, 1.54) is 48.9 Å². The summed E-state index contributed by atoms with van der Waals surface area (Å²) >= 11 is 3.53. The highest BCUT2D eigenvalue weighted by Gasteiger charge is 2.13. The van der Waals surface area contributed by atoms with Gasteiger partial charge in [0.05, 0.1) is 0 Å². The maximum absolute atomic E-state index is 3.53. The first-order valence-corrected chi connectivity index (χ1v) is 8.17. The average molecular weight is 325 g/mol. The third-order valence-electron chi connectivity index (χ3n) is 3.99. The lowest BCUT2D eigenvalue weighted by Gasteiger charge is -2.25. The van der Waals surface area contributed by atoms with E-state index in [1.807, 2.05) is 0 Å². The molecule has 1 unspecified atom stereocenters. The first-order chi connectivity index (χ1) is 9.24. The third-order valence-corrected chi connectivity index (χ3v) is 4.48. The molecule has 1 heterocycles. The summed E-state index contributed by atoms with van der Waals surface area (Å²) in [7, 11) is 2.24. The van der Waals surface area contributed by atoms with Crippen LogP contribution in [0.2, 0.25) is 0 Å². The Bertz CT molecular complexity index is 375. The molecule has 0 bridgehead atoms. The lowest BCUT2D eigenvalue weighted by atomic mass is 9.96. The van der Waals surface area contributed by atoms with Gasteiger partial charge >= 0.3 is 0 Å². The highest BCUT2D eigenvalue weighted by atomic mass is 79.9. The Labute approximate surface area is 125 Å². The molecule has 0 aromatic heterocycles. The molecular weight excluding hydrogens is 300 g/mol. The molecule has 1 aromatic carbocycles. The summed E-state index contributed by atoms with van der Waals surface area (Å²) in [6, 6.07) is 8.64. The number of piperidine rings is 1. The summed E-state index contributed by atoms with van der Waals surface area (Å²) in [4.78, 5) is 2.47. The Morgan fingerprint density at radius 1 is 1.37 bits per heavy atom. The molecule has 0 aliphatic carbocycles. The molecule has 3 heteroatoms. The first-order valence-electron chi connectivity index (χ1n) is 7.38. The van der Waals surface area contributed by atoms with Crippen LogP contribution in [-0.2, 0) is 6.42 Å². The van der Waals surface area contributed by atoms with E-state index in [0.29, 0.717) is 0 Å². The van der Waals surface area contributed by atoms with Crippen LogP contribution >= 0.6 is 15.9 Å². The zero-order chi connectivity index (χ0) is 13.5. The smallest absolute Gasteiger partial charge is 0.0178 e. The number of hydrogen-bond donors (Lipinski definition) is 1. The lowest BCUT2D eigenvalue weighted by Crippen LogP contribution is -2.32. The van der Waals surface area contributed by atoms with Crippen molar-refractivity contribution in [1.29, 1.82) is 0 Å². The molecule has 106 valence electrons. The fourth-order valence-corrected chi connectivity index (χ4v) is 3.14. The number of rotatable bonds is 6. The van der Waals surface area contributed by atoms with Crippen LogP contribution < -0.4 is 5.32 Å². The normalized spacial score (nSPS) is 19.8. The summed E-state index contributed by atoms with van der Waals surface area (Å²) in [5, 5.41) is 3.50. The van der Waals surface area contributed by atoms with Crippen LogP contribution in [0.15, 0.2) is 28.7 Å². The predicted molar refractivity (Wildman–Crippen MR) is 85.6 cm³/mol. The molecule has 1 fully saturated rings. The summed E-state index contributed by atoms with van der Waals surface area (Å²) in [6.45, 7) is 4.81. The quantitative estimate of drug-likeness (QED) is 0.863. The monoisotopic (exact) mass is 324 g/mol. The van der Waals surface area contributed by atoms with Gasteiger partial charge in [-0.3, -0.25) is 0 Å². The number of benzene rings is 1. The first kappa shape index (κ1) is 15.0. The SMILES string of the molecule is CN(CCc1cccc(Br)c1)CCC1CCCNC1. The van der Waals surface area contributed by atoms with E-state index in [0.717, 1.165) is 18.9 Å². The van der Waals surface area contributed by atoms with Crippen molar-refractivity contribution in [3.63, 3.8) is 0 Å². The van der Waals surface area contributed by atoms with E-state index >= 15 is 0 Å². The molecule has 0 radical (unpaired) electrons. The van der Waals surface area contributed by atoms with Gasteiger partial charge in [0.1, 0.15) is 0 Å². The minimum Gasteiger partial charge on any atom is -0.316 e. The predicted octanol–water partition coefficient (Wildman–Crippen LogP) is 3.31. The minimum atomic E-state index is 0.891. The summed E-state index contributed by atoms with van der Waals surface area (Å²) < 4.78 is 1.18. The Morgan fingerprint density at radius 2 is 2.26 bits per heavy atom. The molecule has 0 spiro atoms. The van der Waals surface area contributed by atoms with Gasteiger partial charge in [-0.15, -0.1) is 0 Å². The molecule has 0 amide bonds. The van der Waals surface area contributed by atoms with Crippen LogP contribution in [0, 0.1) is 5.92 Å². The zero-order valence-electron chi connectivity index (χ0n) is 11.9. The van der Waals surface area contributed by atoms with Crippen LogP contribution in [0.4, 0.5) is 0 Å². The second-order valence-corrected chi connectivity index (χ2v) is 6.60. The van der Waals surface area contributed by atoms with Crippen LogP contribution in [-0.4, -0.2) is 38.1 Å². The highest BCUT2D eigenvalue weighted by Crippen LogP contribution is 2.15. The number of nitrogens with zero attached hydrogens (tertiary/aromatic N) is 1. The molecule has 1 atom stereocenters. The maximum Gasteiger partial charge on any atom is 0.0178 e. The van der Waals surface area contributed by atoms with E-state index in [4.69, 9.17) is 0 Å². The number of halogens is 1. The summed E-state index contributed by atoms with van der Waals surface area (Å²) in [5.41, 5.74) is 1.42. The van der Waals surface area contributed by atoms with Crippen molar-refractivity contribution in [1.82, 2.24) is 10.2 Å². The molecule has 1 aliphatic heterocycles. The lowest BCUT2D eigenvalue weighted by molar-refractivity contribution is 0.275. The highest BCUT2D eigenvalue weighted by molar-refractivity contribution is 9.10. The van der Waals surface area contributed by atoms with Gasteiger partial charge in [0.2, 0.25) is 0 Å². The number of hydrogen-bond acceptors (Lipinski definition) is 2. The Morgan fingerprint density at radius 3 is 3.00 bits per heavy atom. The minimum absolute atomic E-state index is 0.891. The molecule has 1 aliphatic rings. The van der Waals surface area contributed by atoms with Crippen molar-refractivity contribution in [3.8, 4) is 0 Å². The molecule has 1 N–H and O–H groups in total. The van der Waals surface area contributed by atoms with Crippen molar-refractivity contribution in [2.75, 3.05) is 33.2 Å². The topological polar surface area (TPSA) is 15.3 Å². The van der Waals surface area contributed by atoms with Gasteiger partial charge in [0, 0.05) is 11.0 Å². The maximum atomic E-state index is 3.53. The molecule has 19 heavy (non-hydrogen) atoms. The number of likely N-dealkylation sites (N-methyl/N-ethyl adjacent to an activating group) is 1. The van der Waals surface area contributed by atoms with E-state index in [2.05, 4.69) is 57.5 Å². The zero-order valence-corrected chi connectivity index (χ0v) is 13.5. The second-order valence-electron chi connectivity index (χ2n) is 5.68. The van der Waals surface area contributed by atoms with Crippen LogP contribution in [0.3, 0.4) is 0 Å². The van der Waals surface area contributed by atoms with Crippen molar-refractivity contribution < 1.29 is 0 Å². The van der Waals surface area contributed by atoms with E-state index in [1.54, 1.807) is 0 Å². The fourth-order valence-electron chi connectivity index (χ4n) is 2.70. The Hall–Kier alpha value is -0.380. The summed E-state index contributed by atoms with van der Waals surface area (Å²) in [5.74, 6) is 0.891. The van der Waals surface area contributed by atoms with E-state index in [9.17, 15) is 0 Å². The van der Waals surface area contributed by atoms with Gasteiger partial charge in [-0.1, -0.05) is 28.1 Å². The van der Waals surface area contributed by atoms with Gasteiger partial charge in [0.15, 0.2) is 0 Å². The number of nitrogens with one attached hydrogen (secondary N) is 1. The van der Waals surface area contributed by atoms with Gasteiger partial charge in [-0.25, -0.2) is 0 Å². The van der Waals surface area contributed by atoms with Crippen molar-refractivity contribution in [2.45, 2.75) is 25.7 Å². The van der Waals surface area contributed by atoms with Crippen molar-refractivity contribution in [3.05, 3.63) is 34.3 Å². The van der Waals surface area contributed by atoms with Gasteiger partial charge in [-0.05, 0) is 76.0 Å². The molecule has 2 rings (SSSR count). The van der Waals surface area contributed by atoms with Crippen molar-refractivity contribution in [2.24, 2.45) is 5.92 Å². The molecule has 1 saturated heterocycles. The second kappa shape index (κ2) is 8.03. The standard InChI is InChI=1S/C16H25BrN2/c1-19(11-8-15-5-3-9-18-13-15)10-7-14-4-2-6-16(17)12-14/h2,4,6,12,15,18H,3,5,7-11,13H2,1H3. The molecular formula is C16H25BrN2. The van der Waals surface area contributed by atoms with Gasteiger partial charge < -0.3 is 10.2 Å². The fraction of sp³-hybridized carbons (Fsp3) is 0.625. The largest absolute Gasteiger partial charge is 0.316 e. The summed E-state index contributed by atoms with van der Waals surface area (Å²) in [6.07, 6.45) is 5.24.